The molecule has 100 valence electrons. The van der Waals surface area contributed by atoms with Crippen molar-refractivity contribution in [2.45, 2.75) is 20.4 Å². The first kappa shape index (κ1) is 15.7. The van der Waals surface area contributed by atoms with Gasteiger partial charge in [0.15, 0.2) is 0 Å². The summed E-state index contributed by atoms with van der Waals surface area (Å²) in [6, 6.07) is 6.08. The Morgan fingerprint density at radius 3 is 2.78 bits per heavy atom. The second kappa shape index (κ2) is 7.97. The third kappa shape index (κ3) is 5.55. The summed E-state index contributed by atoms with van der Waals surface area (Å²) in [6.07, 6.45) is 0. The third-order valence-electron chi connectivity index (χ3n) is 2.29. The van der Waals surface area contributed by atoms with Crippen LogP contribution in [-0.2, 0) is 6.54 Å². The molecule has 18 heavy (non-hydrogen) atoms. The molecule has 0 saturated carbocycles. The van der Waals surface area contributed by atoms with Crippen molar-refractivity contribution in [1.82, 2.24) is 5.32 Å². The monoisotopic (exact) mass is 375 g/mol. The van der Waals surface area contributed by atoms with E-state index in [1.807, 2.05) is 12.1 Å². The predicted molar refractivity (Wildman–Crippen MR) is 84.2 cm³/mol. The van der Waals surface area contributed by atoms with Gasteiger partial charge in [0.25, 0.3) is 0 Å². The largest absolute Gasteiger partial charge is 0.487 e. The van der Waals surface area contributed by atoms with Gasteiger partial charge in [-0.25, -0.2) is 0 Å². The van der Waals surface area contributed by atoms with Crippen LogP contribution >= 0.6 is 31.9 Å². The number of halogens is 2. The summed E-state index contributed by atoms with van der Waals surface area (Å²) < 4.78 is 7.56. The van der Waals surface area contributed by atoms with Gasteiger partial charge in [-0.2, -0.15) is 0 Å². The number of ether oxygens (including phenoxy) is 1. The van der Waals surface area contributed by atoms with Gasteiger partial charge in [0.05, 0.1) is 4.47 Å². The topological polar surface area (TPSA) is 21.3 Å². The van der Waals surface area contributed by atoms with Gasteiger partial charge < -0.3 is 10.1 Å². The molecule has 0 spiro atoms. The first-order chi connectivity index (χ1) is 8.50. The van der Waals surface area contributed by atoms with Crippen LogP contribution in [0.4, 0.5) is 0 Å². The van der Waals surface area contributed by atoms with E-state index in [2.05, 4.69) is 63.7 Å². The van der Waals surface area contributed by atoms with E-state index >= 15 is 0 Å². The van der Waals surface area contributed by atoms with E-state index in [0.29, 0.717) is 12.5 Å². The van der Waals surface area contributed by atoms with E-state index in [9.17, 15) is 0 Å². The average Bonchev–Trinajstić information content (AvgIpc) is 2.27. The second-order valence-electron chi connectivity index (χ2n) is 4.56. The number of nitrogens with one attached hydrogen (secondary N) is 1. The fourth-order valence-electron chi connectivity index (χ4n) is 1.50. The van der Waals surface area contributed by atoms with Crippen LogP contribution in [0.25, 0.3) is 0 Å². The summed E-state index contributed by atoms with van der Waals surface area (Å²) in [4.78, 5) is 0. The van der Waals surface area contributed by atoms with Crippen LogP contribution < -0.4 is 10.1 Å². The Morgan fingerprint density at radius 1 is 1.44 bits per heavy atom. The highest BCUT2D eigenvalue weighted by Gasteiger charge is 2.08. The molecule has 0 aromatic heterocycles. The lowest BCUT2D eigenvalue weighted by Gasteiger charge is -2.14. The fourth-order valence-corrected chi connectivity index (χ4v) is 2.14. The minimum Gasteiger partial charge on any atom is -0.487 e. The van der Waals surface area contributed by atoms with E-state index in [0.717, 1.165) is 33.4 Å². The maximum absolute atomic E-state index is 5.75. The van der Waals surface area contributed by atoms with Gasteiger partial charge in [0.1, 0.15) is 12.4 Å². The van der Waals surface area contributed by atoms with E-state index < -0.39 is 0 Å². The van der Waals surface area contributed by atoms with E-state index in [4.69, 9.17) is 4.74 Å². The van der Waals surface area contributed by atoms with E-state index in [1.165, 1.54) is 0 Å². The molecule has 4 heteroatoms. The van der Waals surface area contributed by atoms with Crippen LogP contribution in [0.15, 0.2) is 33.7 Å². The number of hydrogen-bond donors (Lipinski definition) is 1. The lowest BCUT2D eigenvalue weighted by molar-refractivity contribution is 0.353. The smallest absolute Gasteiger partial charge is 0.138 e. The Labute approximate surface area is 126 Å². The number of para-hydroxylation sites is 1. The van der Waals surface area contributed by atoms with Crippen molar-refractivity contribution in [1.29, 1.82) is 0 Å². The van der Waals surface area contributed by atoms with Crippen LogP contribution in [-0.4, -0.2) is 13.2 Å². The second-order valence-corrected chi connectivity index (χ2v) is 6.53. The number of benzene rings is 1. The molecule has 1 N–H and O–H groups in total. The zero-order valence-electron chi connectivity index (χ0n) is 10.8. The molecule has 0 aliphatic heterocycles. The van der Waals surface area contributed by atoms with Gasteiger partial charge in [-0.05, 0) is 34.5 Å². The van der Waals surface area contributed by atoms with Gasteiger partial charge in [-0.1, -0.05) is 48.5 Å². The van der Waals surface area contributed by atoms with Gasteiger partial charge >= 0.3 is 0 Å². The van der Waals surface area contributed by atoms with Gasteiger partial charge in [0, 0.05) is 16.6 Å². The minimum atomic E-state index is 0.472. The molecule has 1 aromatic rings. The fraction of sp³-hybridized carbons (Fsp3) is 0.429. The van der Waals surface area contributed by atoms with Crippen LogP contribution in [0.1, 0.15) is 19.4 Å². The molecular weight excluding hydrogens is 358 g/mol. The highest BCUT2D eigenvalue weighted by atomic mass is 79.9. The Morgan fingerprint density at radius 2 is 2.17 bits per heavy atom. The molecule has 0 aliphatic rings. The van der Waals surface area contributed by atoms with Gasteiger partial charge in [-0.3, -0.25) is 0 Å². The molecule has 0 aliphatic carbocycles. The molecule has 0 unspecified atom stereocenters. The van der Waals surface area contributed by atoms with Gasteiger partial charge in [-0.15, -0.1) is 0 Å². The molecule has 0 heterocycles. The first-order valence-electron chi connectivity index (χ1n) is 5.95. The molecule has 1 aromatic carbocycles. The number of hydrogen-bond acceptors (Lipinski definition) is 2. The molecule has 0 amide bonds. The standard InChI is InChI=1S/C14H19Br2NO/c1-10(2)7-17-8-12-5-4-6-13(16)14(12)18-9-11(3)15/h4-6,10,17H,3,7-9H2,1-2H3. The summed E-state index contributed by atoms with van der Waals surface area (Å²) in [5.74, 6) is 1.53. The molecule has 0 atom stereocenters. The first-order valence-corrected chi connectivity index (χ1v) is 7.53. The van der Waals surface area contributed by atoms with Gasteiger partial charge in [0.2, 0.25) is 0 Å². The minimum absolute atomic E-state index is 0.472. The molecule has 1 rings (SSSR count). The Balaban J connectivity index is 2.70. The van der Waals surface area contributed by atoms with Crippen molar-refractivity contribution >= 4 is 31.9 Å². The van der Waals surface area contributed by atoms with Crippen LogP contribution in [0, 0.1) is 5.92 Å². The Kier molecular flexibility index (Phi) is 6.97. The predicted octanol–water partition coefficient (Wildman–Crippen LogP) is 4.48. The molecule has 0 radical (unpaired) electrons. The quantitative estimate of drug-likeness (QED) is 0.757. The molecule has 0 fully saturated rings. The van der Waals surface area contributed by atoms with Crippen molar-refractivity contribution in [2.75, 3.05) is 13.2 Å². The van der Waals surface area contributed by atoms with Crippen molar-refractivity contribution in [3.05, 3.63) is 39.3 Å². The zero-order chi connectivity index (χ0) is 13.5. The van der Waals surface area contributed by atoms with Crippen LogP contribution in [0.3, 0.4) is 0 Å². The summed E-state index contributed by atoms with van der Waals surface area (Å²) in [7, 11) is 0. The van der Waals surface area contributed by atoms with Crippen molar-refractivity contribution in [2.24, 2.45) is 5.92 Å². The summed E-state index contributed by atoms with van der Waals surface area (Å²) in [5.41, 5.74) is 1.15. The average molecular weight is 377 g/mol. The van der Waals surface area contributed by atoms with Crippen LogP contribution in [0.5, 0.6) is 5.75 Å². The highest BCUT2D eigenvalue weighted by Crippen LogP contribution is 2.29. The maximum Gasteiger partial charge on any atom is 0.138 e. The lowest BCUT2D eigenvalue weighted by atomic mass is 10.2. The van der Waals surface area contributed by atoms with E-state index in [-0.39, 0.29) is 0 Å². The zero-order valence-corrected chi connectivity index (χ0v) is 14.0. The SMILES string of the molecule is C=C(Br)COc1c(Br)cccc1CNCC(C)C. The summed E-state index contributed by atoms with van der Waals surface area (Å²) >= 11 is 6.82. The molecule has 0 saturated heterocycles. The third-order valence-corrected chi connectivity index (χ3v) is 3.14. The molecular formula is C14H19Br2NO. The summed E-state index contributed by atoms with van der Waals surface area (Å²) in [6.45, 7) is 10.4. The van der Waals surface area contributed by atoms with Crippen molar-refractivity contribution in [3.8, 4) is 5.75 Å². The molecule has 2 nitrogen and oxygen atoms in total. The van der Waals surface area contributed by atoms with Crippen molar-refractivity contribution in [3.63, 3.8) is 0 Å². The van der Waals surface area contributed by atoms with E-state index in [1.54, 1.807) is 0 Å². The Hall–Kier alpha value is -0.320. The van der Waals surface area contributed by atoms with Crippen molar-refractivity contribution < 1.29 is 4.74 Å². The normalized spacial score (nSPS) is 10.7. The Bertz CT molecular complexity index is 405. The lowest BCUT2D eigenvalue weighted by Crippen LogP contribution is -2.19. The highest BCUT2D eigenvalue weighted by molar-refractivity contribution is 9.11. The molecule has 0 bridgehead atoms. The van der Waals surface area contributed by atoms with Crippen LogP contribution in [0.2, 0.25) is 0 Å². The number of rotatable bonds is 7. The maximum atomic E-state index is 5.75. The summed E-state index contributed by atoms with van der Waals surface area (Å²) in [5, 5.41) is 3.42.